The van der Waals surface area contributed by atoms with Crippen LogP contribution in [-0.4, -0.2) is 21.5 Å². The average molecular weight is 235 g/mol. The maximum atomic E-state index is 11.5. The molecule has 14 heavy (non-hydrogen) atoms. The first kappa shape index (κ1) is 11.5. The Morgan fingerprint density at radius 2 is 2.14 bits per heavy atom. The summed E-state index contributed by atoms with van der Waals surface area (Å²) in [4.78, 5) is 0.151. The van der Waals surface area contributed by atoms with Crippen LogP contribution in [0.1, 0.15) is 0 Å². The van der Waals surface area contributed by atoms with Gasteiger partial charge in [0.1, 0.15) is 0 Å². The highest BCUT2D eigenvalue weighted by Gasteiger charge is 2.12. The van der Waals surface area contributed by atoms with Gasteiger partial charge in [0.25, 0.3) is 0 Å². The quantitative estimate of drug-likeness (QED) is 0.801. The minimum absolute atomic E-state index is 0.151. The van der Waals surface area contributed by atoms with Crippen molar-refractivity contribution in [3.05, 3.63) is 29.3 Å². The van der Waals surface area contributed by atoms with Crippen LogP contribution in [0.5, 0.6) is 0 Å². The van der Waals surface area contributed by atoms with Crippen molar-refractivity contribution in [1.82, 2.24) is 4.72 Å². The number of hydrogen-bond acceptors (Lipinski definition) is 3. The van der Waals surface area contributed by atoms with E-state index in [-0.39, 0.29) is 18.0 Å². The van der Waals surface area contributed by atoms with E-state index in [1.165, 1.54) is 12.1 Å². The minimum Gasteiger partial charge on any atom is -0.329 e. The molecule has 1 rings (SSSR count). The topological polar surface area (TPSA) is 72.2 Å². The van der Waals surface area contributed by atoms with Crippen molar-refractivity contribution in [3.8, 4) is 0 Å². The Bertz CT molecular complexity index is 406. The summed E-state index contributed by atoms with van der Waals surface area (Å²) in [5.74, 6) is 0. The van der Waals surface area contributed by atoms with Gasteiger partial charge >= 0.3 is 0 Å². The normalized spacial score (nSPS) is 11.6. The molecule has 0 spiro atoms. The molecule has 0 unspecified atom stereocenters. The van der Waals surface area contributed by atoms with Gasteiger partial charge in [-0.1, -0.05) is 17.7 Å². The second-order valence-corrected chi connectivity index (χ2v) is 4.85. The SMILES string of the molecule is NCCNS(=O)(=O)c1cccc(Cl)c1. The van der Waals surface area contributed by atoms with Crippen LogP contribution in [0.3, 0.4) is 0 Å². The van der Waals surface area contributed by atoms with Crippen LogP contribution in [-0.2, 0) is 10.0 Å². The lowest BCUT2D eigenvalue weighted by Gasteiger charge is -2.05. The molecule has 0 aliphatic carbocycles. The van der Waals surface area contributed by atoms with Gasteiger partial charge < -0.3 is 5.73 Å². The standard InChI is InChI=1S/C8H11ClN2O2S/c9-7-2-1-3-8(6-7)14(12,13)11-5-4-10/h1-3,6,11H,4-5,10H2. The van der Waals surface area contributed by atoms with Crippen LogP contribution in [0, 0.1) is 0 Å². The lowest BCUT2D eigenvalue weighted by Crippen LogP contribution is -2.29. The van der Waals surface area contributed by atoms with Crippen LogP contribution < -0.4 is 10.5 Å². The number of rotatable bonds is 4. The van der Waals surface area contributed by atoms with Crippen LogP contribution in [0.15, 0.2) is 29.2 Å². The highest BCUT2D eigenvalue weighted by molar-refractivity contribution is 7.89. The minimum atomic E-state index is -3.46. The van der Waals surface area contributed by atoms with Crippen molar-refractivity contribution >= 4 is 21.6 Å². The number of nitrogens with two attached hydrogens (primary N) is 1. The molecular weight excluding hydrogens is 224 g/mol. The highest BCUT2D eigenvalue weighted by Crippen LogP contribution is 2.14. The van der Waals surface area contributed by atoms with Gasteiger partial charge in [-0.15, -0.1) is 0 Å². The Balaban J connectivity index is 2.93. The van der Waals surface area contributed by atoms with Gasteiger partial charge in [-0.25, -0.2) is 13.1 Å². The lowest BCUT2D eigenvalue weighted by atomic mass is 10.4. The van der Waals surface area contributed by atoms with E-state index in [0.717, 1.165) is 0 Å². The Kier molecular flexibility index (Phi) is 3.88. The summed E-state index contributed by atoms with van der Waals surface area (Å²) in [6.07, 6.45) is 0. The molecule has 0 saturated heterocycles. The summed E-state index contributed by atoms with van der Waals surface area (Å²) in [5, 5.41) is 0.389. The van der Waals surface area contributed by atoms with Crippen molar-refractivity contribution in [2.75, 3.05) is 13.1 Å². The van der Waals surface area contributed by atoms with Gasteiger partial charge in [0.05, 0.1) is 4.90 Å². The molecule has 0 aromatic heterocycles. The van der Waals surface area contributed by atoms with E-state index < -0.39 is 10.0 Å². The summed E-state index contributed by atoms with van der Waals surface area (Å²) >= 11 is 5.67. The van der Waals surface area contributed by atoms with Gasteiger partial charge in [0.2, 0.25) is 10.0 Å². The van der Waals surface area contributed by atoms with E-state index in [0.29, 0.717) is 5.02 Å². The first-order chi connectivity index (χ1) is 6.56. The second-order valence-electron chi connectivity index (χ2n) is 2.64. The number of benzene rings is 1. The zero-order valence-electron chi connectivity index (χ0n) is 7.40. The van der Waals surface area contributed by atoms with Crippen LogP contribution >= 0.6 is 11.6 Å². The number of nitrogens with one attached hydrogen (secondary N) is 1. The predicted octanol–water partition coefficient (Wildman–Crippen LogP) is 0.577. The van der Waals surface area contributed by atoms with E-state index in [1.807, 2.05) is 0 Å². The molecule has 0 radical (unpaired) electrons. The molecule has 6 heteroatoms. The number of halogens is 1. The number of hydrogen-bond donors (Lipinski definition) is 2. The fourth-order valence-electron chi connectivity index (χ4n) is 0.911. The average Bonchev–Trinajstić information content (AvgIpc) is 2.15. The molecule has 4 nitrogen and oxygen atoms in total. The van der Waals surface area contributed by atoms with Crippen LogP contribution in [0.2, 0.25) is 5.02 Å². The smallest absolute Gasteiger partial charge is 0.240 e. The molecule has 0 aliphatic rings. The molecule has 0 bridgehead atoms. The zero-order valence-corrected chi connectivity index (χ0v) is 8.98. The van der Waals surface area contributed by atoms with Gasteiger partial charge in [-0.2, -0.15) is 0 Å². The summed E-state index contributed by atoms with van der Waals surface area (Å²) < 4.78 is 25.4. The van der Waals surface area contributed by atoms with Crippen molar-refractivity contribution in [1.29, 1.82) is 0 Å². The molecule has 3 N–H and O–H groups in total. The summed E-state index contributed by atoms with van der Waals surface area (Å²) in [6.45, 7) is 0.481. The van der Waals surface area contributed by atoms with Gasteiger partial charge in [0.15, 0.2) is 0 Å². The Morgan fingerprint density at radius 1 is 1.43 bits per heavy atom. The molecule has 1 aromatic carbocycles. The summed E-state index contributed by atoms with van der Waals surface area (Å²) in [5.41, 5.74) is 5.19. The highest BCUT2D eigenvalue weighted by atomic mass is 35.5. The van der Waals surface area contributed by atoms with E-state index in [1.54, 1.807) is 12.1 Å². The van der Waals surface area contributed by atoms with E-state index in [4.69, 9.17) is 17.3 Å². The Morgan fingerprint density at radius 3 is 2.71 bits per heavy atom. The third kappa shape index (κ3) is 2.95. The van der Waals surface area contributed by atoms with Gasteiger partial charge in [-0.3, -0.25) is 0 Å². The van der Waals surface area contributed by atoms with E-state index in [9.17, 15) is 8.42 Å². The number of sulfonamides is 1. The lowest BCUT2D eigenvalue weighted by molar-refractivity contribution is 0.582. The predicted molar refractivity (Wildman–Crippen MR) is 55.7 cm³/mol. The molecule has 0 heterocycles. The molecule has 0 amide bonds. The van der Waals surface area contributed by atoms with Gasteiger partial charge in [-0.05, 0) is 18.2 Å². The van der Waals surface area contributed by atoms with Crippen molar-refractivity contribution in [3.63, 3.8) is 0 Å². The van der Waals surface area contributed by atoms with E-state index >= 15 is 0 Å². The molecule has 78 valence electrons. The molecule has 0 fully saturated rings. The first-order valence-corrected chi connectivity index (χ1v) is 5.87. The molecular formula is C8H11ClN2O2S. The van der Waals surface area contributed by atoms with Crippen LogP contribution in [0.25, 0.3) is 0 Å². The van der Waals surface area contributed by atoms with Crippen molar-refractivity contribution < 1.29 is 8.42 Å². The molecule has 0 saturated carbocycles. The fraction of sp³-hybridized carbons (Fsp3) is 0.250. The van der Waals surface area contributed by atoms with E-state index in [2.05, 4.69) is 4.72 Å². The third-order valence-electron chi connectivity index (χ3n) is 1.54. The van der Waals surface area contributed by atoms with Crippen LogP contribution in [0.4, 0.5) is 0 Å². The monoisotopic (exact) mass is 234 g/mol. The maximum absolute atomic E-state index is 11.5. The molecule has 1 aromatic rings. The zero-order chi connectivity index (χ0) is 10.6. The Labute approximate surface area is 88.1 Å². The summed E-state index contributed by atoms with van der Waals surface area (Å²) in [7, 11) is -3.46. The van der Waals surface area contributed by atoms with Gasteiger partial charge in [0, 0.05) is 18.1 Å². The Hall–Kier alpha value is -0.620. The fourth-order valence-corrected chi connectivity index (χ4v) is 2.26. The first-order valence-electron chi connectivity index (χ1n) is 4.01. The third-order valence-corrected chi connectivity index (χ3v) is 3.24. The maximum Gasteiger partial charge on any atom is 0.240 e. The largest absolute Gasteiger partial charge is 0.329 e. The van der Waals surface area contributed by atoms with Crippen molar-refractivity contribution in [2.45, 2.75) is 4.90 Å². The molecule has 0 aliphatic heterocycles. The second kappa shape index (κ2) is 4.75. The summed E-state index contributed by atoms with van der Waals surface area (Å²) in [6, 6.07) is 6.06. The van der Waals surface area contributed by atoms with Crippen molar-refractivity contribution in [2.24, 2.45) is 5.73 Å². The molecule has 0 atom stereocenters.